The van der Waals surface area contributed by atoms with E-state index >= 15 is 0 Å². The maximum atomic E-state index is 5.79. The molecule has 0 bridgehead atoms. The first kappa shape index (κ1) is 15.7. The molecule has 104 valence electrons. The lowest BCUT2D eigenvalue weighted by Crippen LogP contribution is -2.41. The summed E-state index contributed by atoms with van der Waals surface area (Å²) in [6.07, 6.45) is 1.32. The van der Waals surface area contributed by atoms with E-state index in [0.717, 1.165) is 13.0 Å². The van der Waals surface area contributed by atoms with E-state index < -0.39 is 0 Å². The van der Waals surface area contributed by atoms with Crippen LogP contribution in [0.15, 0.2) is 11.4 Å². The molecule has 0 fully saturated rings. The van der Waals surface area contributed by atoms with E-state index in [9.17, 15) is 0 Å². The van der Waals surface area contributed by atoms with Gasteiger partial charge in [0.25, 0.3) is 0 Å². The van der Waals surface area contributed by atoms with Crippen LogP contribution in [0, 0.1) is 12.3 Å². The lowest BCUT2D eigenvalue weighted by atomic mass is 9.82. The predicted molar refractivity (Wildman–Crippen MR) is 80.3 cm³/mol. The van der Waals surface area contributed by atoms with Crippen LogP contribution in [0.4, 0.5) is 0 Å². The molecule has 0 aromatic carbocycles. The monoisotopic (exact) mass is 269 g/mol. The summed E-state index contributed by atoms with van der Waals surface area (Å²) in [5.41, 5.74) is 1.50. The fourth-order valence-electron chi connectivity index (χ4n) is 2.39. The van der Waals surface area contributed by atoms with Crippen molar-refractivity contribution in [2.75, 3.05) is 13.7 Å². The minimum Gasteiger partial charge on any atom is -0.379 e. The number of nitrogens with one attached hydrogen (secondary N) is 1. The Morgan fingerprint density at radius 3 is 2.44 bits per heavy atom. The molecule has 0 spiro atoms. The minimum atomic E-state index is 0.120. The Labute approximate surface area is 116 Å². The molecule has 2 nitrogen and oxygen atoms in total. The van der Waals surface area contributed by atoms with E-state index in [2.05, 4.69) is 51.4 Å². The van der Waals surface area contributed by atoms with Gasteiger partial charge >= 0.3 is 0 Å². The van der Waals surface area contributed by atoms with Gasteiger partial charge in [-0.05, 0) is 42.3 Å². The first-order valence-corrected chi connectivity index (χ1v) is 7.60. The summed E-state index contributed by atoms with van der Waals surface area (Å²) in [4.78, 5) is 1.38. The fourth-order valence-corrected chi connectivity index (χ4v) is 3.14. The first-order chi connectivity index (χ1) is 8.41. The topological polar surface area (TPSA) is 21.3 Å². The predicted octanol–water partition coefficient (Wildman–Crippen LogP) is 4.16. The van der Waals surface area contributed by atoms with Crippen LogP contribution < -0.4 is 5.32 Å². The average Bonchev–Trinajstić information content (AvgIpc) is 2.68. The second-order valence-electron chi connectivity index (χ2n) is 5.89. The Hall–Kier alpha value is -0.380. The number of hydrogen-bond acceptors (Lipinski definition) is 3. The molecular weight excluding hydrogens is 242 g/mol. The van der Waals surface area contributed by atoms with Crippen molar-refractivity contribution in [3.8, 4) is 0 Å². The number of methoxy groups -OCH3 is 1. The van der Waals surface area contributed by atoms with Crippen LogP contribution in [0.5, 0.6) is 0 Å². The first-order valence-electron chi connectivity index (χ1n) is 6.72. The number of hydrogen-bond donors (Lipinski definition) is 1. The second-order valence-corrected chi connectivity index (χ2v) is 7.01. The van der Waals surface area contributed by atoms with E-state index in [1.165, 1.54) is 10.4 Å². The van der Waals surface area contributed by atoms with Crippen molar-refractivity contribution in [2.45, 2.75) is 53.2 Å². The van der Waals surface area contributed by atoms with E-state index in [0.29, 0.717) is 0 Å². The molecule has 1 N–H and O–H groups in total. The van der Waals surface area contributed by atoms with Crippen LogP contribution in [0.2, 0.25) is 0 Å². The highest BCUT2D eigenvalue weighted by atomic mass is 32.1. The summed E-state index contributed by atoms with van der Waals surface area (Å²) in [7, 11) is 1.82. The van der Waals surface area contributed by atoms with Gasteiger partial charge in [0.2, 0.25) is 0 Å². The van der Waals surface area contributed by atoms with Crippen molar-refractivity contribution in [1.29, 1.82) is 0 Å². The highest BCUT2D eigenvalue weighted by Crippen LogP contribution is 2.35. The van der Waals surface area contributed by atoms with Crippen molar-refractivity contribution < 1.29 is 4.74 Å². The van der Waals surface area contributed by atoms with E-state index in [-0.39, 0.29) is 17.6 Å². The van der Waals surface area contributed by atoms with Gasteiger partial charge in [0, 0.05) is 12.0 Å². The molecule has 1 aromatic rings. The molecule has 0 saturated heterocycles. The van der Waals surface area contributed by atoms with Crippen molar-refractivity contribution in [2.24, 2.45) is 5.41 Å². The van der Waals surface area contributed by atoms with Gasteiger partial charge in [-0.2, -0.15) is 0 Å². The van der Waals surface area contributed by atoms with Crippen LogP contribution >= 0.6 is 11.3 Å². The summed E-state index contributed by atoms with van der Waals surface area (Å²) in [6.45, 7) is 12.1. The van der Waals surface area contributed by atoms with Crippen molar-refractivity contribution in [3.63, 3.8) is 0 Å². The summed E-state index contributed by atoms with van der Waals surface area (Å²) in [5, 5.41) is 5.82. The summed E-state index contributed by atoms with van der Waals surface area (Å²) >= 11 is 1.81. The molecule has 2 atom stereocenters. The van der Waals surface area contributed by atoms with Gasteiger partial charge in [-0.1, -0.05) is 27.7 Å². The van der Waals surface area contributed by atoms with Crippen molar-refractivity contribution >= 4 is 11.3 Å². The summed E-state index contributed by atoms with van der Waals surface area (Å²) < 4.78 is 5.79. The van der Waals surface area contributed by atoms with Crippen LogP contribution in [-0.2, 0) is 4.74 Å². The van der Waals surface area contributed by atoms with Gasteiger partial charge < -0.3 is 10.1 Å². The second kappa shape index (κ2) is 6.69. The molecular formula is C15H27NOS. The molecule has 18 heavy (non-hydrogen) atoms. The number of ether oxygens (including phenoxy) is 1. The Morgan fingerprint density at radius 1 is 1.39 bits per heavy atom. The number of rotatable bonds is 6. The zero-order valence-electron chi connectivity index (χ0n) is 12.5. The highest BCUT2D eigenvalue weighted by Gasteiger charge is 2.33. The van der Waals surface area contributed by atoms with Gasteiger partial charge in [-0.25, -0.2) is 0 Å². The highest BCUT2D eigenvalue weighted by molar-refractivity contribution is 7.10. The SMILES string of the molecule is CCCNC(c1ccsc1C)C(OC)C(C)(C)C. The molecule has 1 heterocycles. The zero-order chi connectivity index (χ0) is 13.8. The maximum Gasteiger partial charge on any atom is 0.0814 e. The quantitative estimate of drug-likeness (QED) is 0.837. The van der Waals surface area contributed by atoms with Crippen molar-refractivity contribution in [1.82, 2.24) is 5.32 Å². The van der Waals surface area contributed by atoms with E-state index in [4.69, 9.17) is 4.74 Å². The van der Waals surface area contributed by atoms with Gasteiger partial charge in [0.15, 0.2) is 0 Å². The molecule has 0 radical (unpaired) electrons. The largest absolute Gasteiger partial charge is 0.379 e. The smallest absolute Gasteiger partial charge is 0.0814 e. The summed E-state index contributed by atoms with van der Waals surface area (Å²) in [6, 6.07) is 2.51. The Morgan fingerprint density at radius 2 is 2.06 bits per heavy atom. The van der Waals surface area contributed by atoms with E-state index in [1.807, 2.05) is 18.4 Å². The molecule has 1 rings (SSSR count). The normalized spacial score (nSPS) is 15.7. The Bertz CT molecular complexity index is 354. The van der Waals surface area contributed by atoms with Crippen molar-refractivity contribution in [3.05, 3.63) is 21.9 Å². The van der Waals surface area contributed by atoms with Gasteiger partial charge in [0.05, 0.1) is 12.1 Å². The minimum absolute atomic E-state index is 0.120. The average molecular weight is 269 g/mol. The molecule has 0 amide bonds. The number of thiophene rings is 1. The Balaban J connectivity index is 3.00. The standard InChI is InChI=1S/C15H27NOS/c1-7-9-16-13(12-8-10-18-11(12)2)14(17-6)15(3,4)5/h8,10,13-14,16H,7,9H2,1-6H3. The molecule has 0 aliphatic rings. The van der Waals surface area contributed by atoms with Crippen LogP contribution in [0.1, 0.15) is 50.6 Å². The zero-order valence-corrected chi connectivity index (χ0v) is 13.4. The molecule has 0 aliphatic carbocycles. The van der Waals surface area contributed by atoms with Crippen LogP contribution in [0.25, 0.3) is 0 Å². The van der Waals surface area contributed by atoms with Crippen LogP contribution in [-0.4, -0.2) is 19.8 Å². The number of aryl methyl sites for hydroxylation is 1. The summed E-state index contributed by atoms with van der Waals surface area (Å²) in [5.74, 6) is 0. The van der Waals surface area contributed by atoms with Gasteiger partial charge in [0.1, 0.15) is 0 Å². The molecule has 3 heteroatoms. The lowest BCUT2D eigenvalue weighted by Gasteiger charge is -2.36. The van der Waals surface area contributed by atoms with Gasteiger partial charge in [-0.15, -0.1) is 11.3 Å². The fraction of sp³-hybridized carbons (Fsp3) is 0.733. The van der Waals surface area contributed by atoms with Crippen LogP contribution in [0.3, 0.4) is 0 Å². The molecule has 0 aliphatic heterocycles. The molecule has 2 unspecified atom stereocenters. The molecule has 0 saturated carbocycles. The van der Waals surface area contributed by atoms with Gasteiger partial charge in [-0.3, -0.25) is 0 Å². The molecule has 1 aromatic heterocycles. The third-order valence-corrected chi connectivity index (χ3v) is 4.12. The lowest BCUT2D eigenvalue weighted by molar-refractivity contribution is -0.0119. The van der Waals surface area contributed by atoms with E-state index in [1.54, 1.807) is 0 Å². The maximum absolute atomic E-state index is 5.79. The Kier molecular flexibility index (Phi) is 5.83. The third-order valence-electron chi connectivity index (χ3n) is 3.26. The third kappa shape index (κ3) is 3.81.